The lowest BCUT2D eigenvalue weighted by molar-refractivity contribution is -0.129. The van der Waals surface area contributed by atoms with E-state index in [9.17, 15) is 4.79 Å². The molecule has 0 radical (unpaired) electrons. The fourth-order valence-corrected chi connectivity index (χ4v) is 1.56. The van der Waals surface area contributed by atoms with Gasteiger partial charge < -0.3 is 5.32 Å². The summed E-state index contributed by atoms with van der Waals surface area (Å²) in [6, 6.07) is 0. The topological polar surface area (TPSA) is 29.1 Å². The summed E-state index contributed by atoms with van der Waals surface area (Å²) in [6.45, 7) is 2.09. The van der Waals surface area contributed by atoms with Gasteiger partial charge in [-0.3, -0.25) is 4.79 Å². The van der Waals surface area contributed by atoms with Gasteiger partial charge >= 0.3 is 0 Å². The number of β-lactam (4-membered cyclic amide) rings is 1. The Hall–Kier alpha value is -0.180. The molecule has 52 valence electrons. The molecule has 9 heavy (non-hydrogen) atoms. The van der Waals surface area contributed by atoms with Crippen LogP contribution in [0.3, 0.4) is 0 Å². The van der Waals surface area contributed by atoms with E-state index in [0.29, 0.717) is 6.42 Å². The summed E-state index contributed by atoms with van der Waals surface area (Å²) in [5, 5.41) is 2.75. The molecule has 1 atom stereocenters. The largest absolute Gasteiger partial charge is 0.341 e. The molecular formula is C6H11NOS. The zero-order chi connectivity index (χ0) is 6.91. The fraction of sp³-hybridized carbons (Fsp3) is 0.833. The van der Waals surface area contributed by atoms with Crippen molar-refractivity contribution in [1.29, 1.82) is 0 Å². The second kappa shape index (κ2) is 2.21. The van der Waals surface area contributed by atoms with Crippen LogP contribution in [0.2, 0.25) is 0 Å². The SMILES string of the molecule is CCCC1(S)CC(=O)N1. The summed E-state index contributed by atoms with van der Waals surface area (Å²) >= 11 is 4.28. The third-order valence-corrected chi connectivity index (χ3v) is 1.98. The highest BCUT2D eigenvalue weighted by molar-refractivity contribution is 7.82. The van der Waals surface area contributed by atoms with Gasteiger partial charge in [-0.15, -0.1) is 0 Å². The van der Waals surface area contributed by atoms with Crippen molar-refractivity contribution in [2.75, 3.05) is 0 Å². The maximum absolute atomic E-state index is 10.4. The van der Waals surface area contributed by atoms with Gasteiger partial charge in [0.2, 0.25) is 5.91 Å². The van der Waals surface area contributed by atoms with Crippen molar-refractivity contribution >= 4 is 18.5 Å². The maximum atomic E-state index is 10.4. The zero-order valence-corrected chi connectivity index (χ0v) is 6.37. The molecule has 0 aliphatic carbocycles. The predicted octanol–water partition coefficient (Wildman–Crippen LogP) is 0.932. The molecule has 1 aliphatic rings. The van der Waals surface area contributed by atoms with Gasteiger partial charge in [0, 0.05) is 0 Å². The Labute approximate surface area is 60.4 Å². The number of rotatable bonds is 2. The standard InChI is InChI=1S/C6H11NOS/c1-2-3-6(9)4-5(8)7-6/h9H,2-4H2,1H3,(H,7,8). The Balaban J connectivity index is 2.31. The van der Waals surface area contributed by atoms with E-state index in [2.05, 4.69) is 24.9 Å². The molecule has 1 rings (SSSR count). The minimum absolute atomic E-state index is 0.124. The van der Waals surface area contributed by atoms with E-state index < -0.39 is 0 Å². The second-order valence-corrected chi connectivity index (χ2v) is 3.36. The van der Waals surface area contributed by atoms with Gasteiger partial charge in [0.25, 0.3) is 0 Å². The van der Waals surface area contributed by atoms with Gasteiger partial charge in [0.05, 0.1) is 11.3 Å². The van der Waals surface area contributed by atoms with Crippen LogP contribution in [0, 0.1) is 0 Å². The molecule has 0 aromatic heterocycles. The Morgan fingerprint density at radius 1 is 1.89 bits per heavy atom. The zero-order valence-electron chi connectivity index (χ0n) is 5.48. The van der Waals surface area contributed by atoms with Gasteiger partial charge in [-0.05, 0) is 6.42 Å². The van der Waals surface area contributed by atoms with E-state index in [1.807, 2.05) is 0 Å². The van der Waals surface area contributed by atoms with E-state index in [0.717, 1.165) is 12.8 Å². The monoisotopic (exact) mass is 145 g/mol. The minimum Gasteiger partial charge on any atom is -0.341 e. The first-order valence-corrected chi connectivity index (χ1v) is 3.64. The maximum Gasteiger partial charge on any atom is 0.224 e. The number of thiol groups is 1. The van der Waals surface area contributed by atoms with Crippen molar-refractivity contribution in [1.82, 2.24) is 5.32 Å². The molecule has 0 saturated carbocycles. The fourth-order valence-electron chi connectivity index (χ4n) is 1.07. The summed E-state index contributed by atoms with van der Waals surface area (Å²) in [5.74, 6) is 0.124. The van der Waals surface area contributed by atoms with Crippen molar-refractivity contribution in [3.8, 4) is 0 Å². The van der Waals surface area contributed by atoms with E-state index in [4.69, 9.17) is 0 Å². The normalized spacial score (nSPS) is 33.3. The summed E-state index contributed by atoms with van der Waals surface area (Å²) in [5.41, 5.74) is 0. The molecule has 1 saturated heterocycles. The molecule has 0 aromatic carbocycles. The van der Waals surface area contributed by atoms with Crippen LogP contribution in [-0.2, 0) is 4.79 Å². The van der Waals surface area contributed by atoms with E-state index in [-0.39, 0.29) is 10.8 Å². The van der Waals surface area contributed by atoms with Gasteiger partial charge in [-0.2, -0.15) is 12.6 Å². The molecule has 3 heteroatoms. The third kappa shape index (κ3) is 1.39. The summed E-state index contributed by atoms with van der Waals surface area (Å²) in [4.78, 5) is 10.3. The first-order chi connectivity index (χ1) is 4.16. The Morgan fingerprint density at radius 2 is 2.44 bits per heavy atom. The number of amides is 1. The van der Waals surface area contributed by atoms with Crippen molar-refractivity contribution in [2.24, 2.45) is 0 Å². The smallest absolute Gasteiger partial charge is 0.224 e. The van der Waals surface area contributed by atoms with Gasteiger partial charge in [-0.1, -0.05) is 13.3 Å². The van der Waals surface area contributed by atoms with Crippen LogP contribution in [0.25, 0.3) is 0 Å². The highest BCUT2D eigenvalue weighted by Gasteiger charge is 2.37. The average Bonchev–Trinajstić information content (AvgIpc) is 1.62. The van der Waals surface area contributed by atoms with Crippen LogP contribution >= 0.6 is 12.6 Å². The quantitative estimate of drug-likeness (QED) is 0.439. The van der Waals surface area contributed by atoms with Crippen LogP contribution in [0.1, 0.15) is 26.2 Å². The molecule has 2 nitrogen and oxygen atoms in total. The molecule has 1 heterocycles. The molecule has 0 spiro atoms. The molecular weight excluding hydrogens is 134 g/mol. The van der Waals surface area contributed by atoms with E-state index in [1.165, 1.54) is 0 Å². The molecule has 0 aromatic rings. The molecule has 1 amide bonds. The lowest BCUT2D eigenvalue weighted by atomic mass is 10.0. The minimum atomic E-state index is -0.161. The number of carbonyl (C=O) groups excluding carboxylic acids is 1. The molecule has 0 bridgehead atoms. The predicted molar refractivity (Wildman–Crippen MR) is 39.4 cm³/mol. The third-order valence-electron chi connectivity index (χ3n) is 1.49. The molecule has 1 aliphatic heterocycles. The van der Waals surface area contributed by atoms with Crippen LogP contribution in [-0.4, -0.2) is 10.8 Å². The average molecular weight is 145 g/mol. The number of hydrogen-bond donors (Lipinski definition) is 2. The van der Waals surface area contributed by atoms with Crippen molar-refractivity contribution in [3.05, 3.63) is 0 Å². The van der Waals surface area contributed by atoms with E-state index in [1.54, 1.807) is 0 Å². The van der Waals surface area contributed by atoms with Crippen molar-refractivity contribution < 1.29 is 4.79 Å². The van der Waals surface area contributed by atoms with Crippen LogP contribution in [0.5, 0.6) is 0 Å². The lowest BCUT2D eigenvalue weighted by Crippen LogP contribution is -2.56. The Morgan fingerprint density at radius 3 is 2.78 bits per heavy atom. The highest BCUT2D eigenvalue weighted by atomic mass is 32.1. The molecule has 1 unspecified atom stereocenters. The summed E-state index contributed by atoms with van der Waals surface area (Å²) in [7, 11) is 0. The first kappa shape index (κ1) is 6.93. The highest BCUT2D eigenvalue weighted by Crippen LogP contribution is 2.28. The van der Waals surface area contributed by atoms with E-state index >= 15 is 0 Å². The number of nitrogens with one attached hydrogen (secondary N) is 1. The van der Waals surface area contributed by atoms with Crippen molar-refractivity contribution in [3.63, 3.8) is 0 Å². The number of carbonyl (C=O) groups is 1. The number of hydrogen-bond acceptors (Lipinski definition) is 2. The Bertz CT molecular complexity index is 127. The second-order valence-electron chi connectivity index (χ2n) is 2.51. The molecule has 1 N–H and O–H groups in total. The Kier molecular flexibility index (Phi) is 1.70. The van der Waals surface area contributed by atoms with Crippen LogP contribution in [0.4, 0.5) is 0 Å². The lowest BCUT2D eigenvalue weighted by Gasteiger charge is -2.37. The van der Waals surface area contributed by atoms with Gasteiger partial charge in [0.1, 0.15) is 0 Å². The van der Waals surface area contributed by atoms with Gasteiger partial charge in [-0.25, -0.2) is 0 Å². The molecule has 1 fully saturated rings. The van der Waals surface area contributed by atoms with Crippen LogP contribution in [0.15, 0.2) is 0 Å². The van der Waals surface area contributed by atoms with Crippen LogP contribution < -0.4 is 5.32 Å². The van der Waals surface area contributed by atoms with Crippen molar-refractivity contribution in [2.45, 2.75) is 31.1 Å². The summed E-state index contributed by atoms with van der Waals surface area (Å²) in [6.07, 6.45) is 2.63. The summed E-state index contributed by atoms with van der Waals surface area (Å²) < 4.78 is 0. The van der Waals surface area contributed by atoms with Gasteiger partial charge in [0.15, 0.2) is 0 Å². The first-order valence-electron chi connectivity index (χ1n) is 3.20.